The molecule has 2 aromatic rings. The highest BCUT2D eigenvalue weighted by Crippen LogP contribution is 2.26. The zero-order valence-corrected chi connectivity index (χ0v) is 17.5. The molecular weight excluding hydrogens is 364 g/mol. The van der Waals surface area contributed by atoms with Gasteiger partial charge in [0.1, 0.15) is 17.3 Å². The van der Waals surface area contributed by atoms with E-state index < -0.39 is 0 Å². The number of nitrogens with one attached hydrogen (secondary N) is 1. The molecule has 7 heteroatoms. The summed E-state index contributed by atoms with van der Waals surface area (Å²) in [6.45, 7) is 8.85. The first-order valence-electron chi connectivity index (χ1n) is 10.7. The Morgan fingerprint density at radius 3 is 2.52 bits per heavy atom. The minimum absolute atomic E-state index is 0.248. The molecule has 0 saturated carbocycles. The zero-order valence-electron chi connectivity index (χ0n) is 17.5. The van der Waals surface area contributed by atoms with Crippen molar-refractivity contribution in [2.45, 2.75) is 25.8 Å². The van der Waals surface area contributed by atoms with Crippen molar-refractivity contribution >= 4 is 11.8 Å². The van der Waals surface area contributed by atoms with Gasteiger partial charge in [-0.1, -0.05) is 6.07 Å². The van der Waals surface area contributed by atoms with Crippen LogP contribution in [0, 0.1) is 6.92 Å². The molecule has 4 rings (SSSR count). The van der Waals surface area contributed by atoms with Crippen LogP contribution in [0.25, 0.3) is 0 Å². The molecule has 4 heterocycles. The Hall–Kier alpha value is -2.54. The van der Waals surface area contributed by atoms with Gasteiger partial charge in [0, 0.05) is 46.0 Å². The Labute approximate surface area is 173 Å². The summed E-state index contributed by atoms with van der Waals surface area (Å²) in [6.07, 6.45) is 4.39. The molecule has 29 heavy (non-hydrogen) atoms. The Balaban J connectivity index is 1.36. The van der Waals surface area contributed by atoms with Crippen molar-refractivity contribution in [2.24, 2.45) is 4.99 Å². The maximum Gasteiger partial charge on any atom is 0.193 e. The van der Waals surface area contributed by atoms with E-state index in [-0.39, 0.29) is 6.04 Å². The lowest BCUT2D eigenvalue weighted by molar-refractivity contribution is 0.212. The Morgan fingerprint density at radius 2 is 1.90 bits per heavy atom. The van der Waals surface area contributed by atoms with Crippen LogP contribution in [0.2, 0.25) is 0 Å². The number of rotatable bonds is 5. The molecule has 2 aromatic heterocycles. The van der Waals surface area contributed by atoms with E-state index in [2.05, 4.69) is 48.2 Å². The Morgan fingerprint density at radius 1 is 1.10 bits per heavy atom. The van der Waals surface area contributed by atoms with E-state index in [9.17, 15) is 0 Å². The van der Waals surface area contributed by atoms with Gasteiger partial charge in [-0.15, -0.1) is 0 Å². The smallest absolute Gasteiger partial charge is 0.193 e. The van der Waals surface area contributed by atoms with Crippen LogP contribution in [0.15, 0.2) is 45.9 Å². The molecule has 0 aromatic carbocycles. The lowest BCUT2D eigenvalue weighted by atomic mass is 10.2. The van der Waals surface area contributed by atoms with Crippen molar-refractivity contribution in [3.8, 4) is 0 Å². The number of aliphatic imine (C=N–C) groups is 1. The van der Waals surface area contributed by atoms with Gasteiger partial charge in [0.15, 0.2) is 5.96 Å². The van der Waals surface area contributed by atoms with Crippen molar-refractivity contribution in [1.82, 2.24) is 20.1 Å². The molecule has 0 aliphatic carbocycles. The zero-order chi connectivity index (χ0) is 20.1. The molecule has 2 aliphatic rings. The molecule has 1 unspecified atom stereocenters. The van der Waals surface area contributed by atoms with Crippen molar-refractivity contribution in [1.29, 1.82) is 0 Å². The van der Waals surface area contributed by atoms with E-state index >= 15 is 0 Å². The summed E-state index contributed by atoms with van der Waals surface area (Å²) in [4.78, 5) is 16.2. The van der Waals surface area contributed by atoms with Gasteiger partial charge >= 0.3 is 0 Å². The fourth-order valence-corrected chi connectivity index (χ4v) is 4.30. The Bertz CT molecular complexity index is 791. The number of anilines is 1. The number of piperazine rings is 1. The van der Waals surface area contributed by atoms with Crippen LogP contribution in [0.5, 0.6) is 0 Å². The van der Waals surface area contributed by atoms with E-state index in [1.54, 1.807) is 0 Å². The van der Waals surface area contributed by atoms with Gasteiger partial charge in [-0.05, 0) is 57.1 Å². The molecule has 1 N–H and O–H groups in total. The average Bonchev–Trinajstić information content (AvgIpc) is 3.44. The summed E-state index contributed by atoms with van der Waals surface area (Å²) >= 11 is 0. The van der Waals surface area contributed by atoms with Gasteiger partial charge in [-0.2, -0.15) is 0 Å². The lowest BCUT2D eigenvalue weighted by Gasteiger charge is -2.37. The first-order valence-corrected chi connectivity index (χ1v) is 10.7. The van der Waals surface area contributed by atoms with Gasteiger partial charge in [0.25, 0.3) is 0 Å². The van der Waals surface area contributed by atoms with Gasteiger partial charge < -0.3 is 19.5 Å². The summed E-state index contributed by atoms with van der Waals surface area (Å²) in [5.74, 6) is 4.04. The summed E-state index contributed by atoms with van der Waals surface area (Å²) < 4.78 is 5.98. The highest BCUT2D eigenvalue weighted by Gasteiger charge is 2.27. The predicted octanol–water partition coefficient (Wildman–Crippen LogP) is 2.52. The molecule has 156 valence electrons. The van der Waals surface area contributed by atoms with Crippen LogP contribution in [-0.2, 0) is 0 Å². The number of hydrogen-bond donors (Lipinski definition) is 1. The minimum Gasteiger partial charge on any atom is -0.465 e. The molecule has 0 bridgehead atoms. The number of pyridine rings is 1. The van der Waals surface area contributed by atoms with Gasteiger partial charge in [0.2, 0.25) is 0 Å². The molecule has 0 amide bonds. The van der Waals surface area contributed by atoms with Crippen molar-refractivity contribution < 1.29 is 4.42 Å². The van der Waals surface area contributed by atoms with Crippen LogP contribution in [0.1, 0.15) is 30.4 Å². The van der Waals surface area contributed by atoms with Crippen LogP contribution in [0.3, 0.4) is 0 Å². The molecular formula is C22H32N6O. The van der Waals surface area contributed by atoms with Gasteiger partial charge in [0.05, 0.1) is 6.04 Å². The van der Waals surface area contributed by atoms with Crippen molar-refractivity contribution in [3.63, 3.8) is 0 Å². The largest absolute Gasteiger partial charge is 0.465 e. The fourth-order valence-electron chi connectivity index (χ4n) is 4.30. The average molecular weight is 397 g/mol. The molecule has 2 aliphatic heterocycles. The van der Waals surface area contributed by atoms with Gasteiger partial charge in [-0.3, -0.25) is 9.89 Å². The molecule has 2 saturated heterocycles. The first-order chi connectivity index (χ1) is 14.2. The van der Waals surface area contributed by atoms with E-state index in [1.807, 2.05) is 32.3 Å². The van der Waals surface area contributed by atoms with E-state index in [4.69, 9.17) is 4.42 Å². The number of nitrogens with zero attached hydrogens (tertiary/aromatic N) is 5. The maximum atomic E-state index is 5.98. The normalized spacial score (nSPS) is 19.6. The van der Waals surface area contributed by atoms with Crippen molar-refractivity contribution in [2.75, 3.05) is 57.8 Å². The van der Waals surface area contributed by atoms with Crippen LogP contribution in [-0.4, -0.2) is 73.6 Å². The number of aryl methyl sites for hydroxylation is 1. The summed E-state index contributed by atoms with van der Waals surface area (Å²) in [5.41, 5.74) is 0. The SMILES string of the molecule is CN=C(NCC(c1ccc(C)o1)N1CCCC1)N1CCN(c2ccccn2)CC1. The second-order valence-electron chi connectivity index (χ2n) is 7.80. The second-order valence-corrected chi connectivity index (χ2v) is 7.80. The topological polar surface area (TPSA) is 60.1 Å². The van der Waals surface area contributed by atoms with Crippen LogP contribution in [0.4, 0.5) is 5.82 Å². The monoisotopic (exact) mass is 396 g/mol. The third kappa shape index (κ3) is 4.72. The summed E-state index contributed by atoms with van der Waals surface area (Å²) in [6, 6.07) is 10.5. The quantitative estimate of drug-likeness (QED) is 0.619. The number of hydrogen-bond acceptors (Lipinski definition) is 5. The number of furan rings is 1. The number of guanidine groups is 1. The molecule has 1 atom stereocenters. The lowest BCUT2D eigenvalue weighted by Crippen LogP contribution is -2.53. The van der Waals surface area contributed by atoms with E-state index in [1.165, 1.54) is 12.8 Å². The van der Waals surface area contributed by atoms with Crippen LogP contribution < -0.4 is 10.2 Å². The maximum absolute atomic E-state index is 5.98. The second kappa shape index (κ2) is 9.31. The minimum atomic E-state index is 0.248. The van der Waals surface area contributed by atoms with Crippen molar-refractivity contribution in [3.05, 3.63) is 48.0 Å². The fraction of sp³-hybridized carbons (Fsp3) is 0.545. The molecule has 7 nitrogen and oxygen atoms in total. The standard InChI is InChI=1S/C22H32N6O/c1-18-8-9-20(29-18)19(26-11-5-6-12-26)17-25-22(23-2)28-15-13-27(14-16-28)21-7-3-4-10-24-21/h3-4,7-10,19H,5-6,11-17H2,1-2H3,(H,23,25). The van der Waals surface area contributed by atoms with E-state index in [0.717, 1.165) is 69.1 Å². The molecule has 0 radical (unpaired) electrons. The summed E-state index contributed by atoms with van der Waals surface area (Å²) in [5, 5.41) is 3.62. The van der Waals surface area contributed by atoms with Gasteiger partial charge in [-0.25, -0.2) is 4.98 Å². The summed E-state index contributed by atoms with van der Waals surface area (Å²) in [7, 11) is 1.87. The number of likely N-dealkylation sites (tertiary alicyclic amines) is 1. The van der Waals surface area contributed by atoms with E-state index in [0.29, 0.717) is 0 Å². The Kier molecular flexibility index (Phi) is 6.34. The molecule has 2 fully saturated rings. The highest BCUT2D eigenvalue weighted by molar-refractivity contribution is 5.80. The first kappa shape index (κ1) is 19.8. The highest BCUT2D eigenvalue weighted by atomic mass is 16.3. The molecule has 0 spiro atoms. The van der Waals surface area contributed by atoms with Crippen LogP contribution >= 0.6 is 0 Å². The predicted molar refractivity (Wildman–Crippen MR) is 116 cm³/mol. The third-order valence-corrected chi connectivity index (χ3v) is 5.89. The number of aromatic nitrogens is 1. The third-order valence-electron chi connectivity index (χ3n) is 5.89.